The SMILES string of the molecule is Cn1nc(-c2ccccc2)[n+](N)c1-c1ccccc1. The Hall–Kier alpha value is -2.62. The van der Waals surface area contributed by atoms with Gasteiger partial charge in [-0.2, -0.15) is 0 Å². The van der Waals surface area contributed by atoms with Gasteiger partial charge in [0, 0.05) is 5.10 Å². The highest BCUT2D eigenvalue weighted by molar-refractivity contribution is 5.56. The molecule has 0 bridgehead atoms. The minimum absolute atomic E-state index is 0.752. The van der Waals surface area contributed by atoms with E-state index in [-0.39, 0.29) is 0 Å². The Morgan fingerprint density at radius 2 is 1.42 bits per heavy atom. The van der Waals surface area contributed by atoms with E-state index in [1.807, 2.05) is 67.7 Å². The molecule has 0 radical (unpaired) electrons. The number of hydrogen-bond donors (Lipinski definition) is 1. The van der Waals surface area contributed by atoms with Crippen LogP contribution in [0, 0.1) is 0 Å². The number of hydrogen-bond acceptors (Lipinski definition) is 2. The number of rotatable bonds is 2. The van der Waals surface area contributed by atoms with Crippen molar-refractivity contribution < 1.29 is 4.68 Å². The fourth-order valence-electron chi connectivity index (χ4n) is 2.19. The number of aromatic nitrogens is 3. The third-order valence-electron chi connectivity index (χ3n) is 3.07. The van der Waals surface area contributed by atoms with Crippen molar-refractivity contribution in [3.63, 3.8) is 0 Å². The fourth-order valence-corrected chi connectivity index (χ4v) is 2.19. The van der Waals surface area contributed by atoms with Gasteiger partial charge in [-0.05, 0) is 24.3 Å². The van der Waals surface area contributed by atoms with E-state index in [9.17, 15) is 0 Å². The van der Waals surface area contributed by atoms with Gasteiger partial charge in [0.15, 0.2) is 0 Å². The number of nitrogens with zero attached hydrogens (tertiary/aromatic N) is 3. The summed E-state index contributed by atoms with van der Waals surface area (Å²) in [6.07, 6.45) is 0. The zero-order chi connectivity index (χ0) is 13.2. The molecule has 0 aliphatic carbocycles. The second kappa shape index (κ2) is 4.57. The molecule has 0 atom stereocenters. The highest BCUT2D eigenvalue weighted by Crippen LogP contribution is 2.18. The molecule has 4 heteroatoms. The molecule has 0 aliphatic rings. The molecule has 1 heterocycles. The Labute approximate surface area is 111 Å². The molecule has 2 N–H and O–H groups in total. The molecule has 1 aromatic heterocycles. The van der Waals surface area contributed by atoms with E-state index >= 15 is 0 Å². The van der Waals surface area contributed by atoms with Crippen molar-refractivity contribution in [2.45, 2.75) is 0 Å². The first kappa shape index (κ1) is 11.5. The molecule has 0 unspecified atom stereocenters. The van der Waals surface area contributed by atoms with E-state index in [1.54, 1.807) is 9.36 Å². The Kier molecular flexibility index (Phi) is 2.76. The van der Waals surface area contributed by atoms with Gasteiger partial charge < -0.3 is 0 Å². The van der Waals surface area contributed by atoms with Gasteiger partial charge in [-0.1, -0.05) is 36.4 Å². The minimum atomic E-state index is 0.752. The Balaban J connectivity index is 2.17. The maximum atomic E-state index is 6.20. The summed E-state index contributed by atoms with van der Waals surface area (Å²) in [5.74, 6) is 7.83. The van der Waals surface area contributed by atoms with Crippen LogP contribution in [0.1, 0.15) is 0 Å². The first-order chi connectivity index (χ1) is 9.27. The Morgan fingerprint density at radius 1 is 0.895 bits per heavy atom. The summed E-state index contributed by atoms with van der Waals surface area (Å²) >= 11 is 0. The van der Waals surface area contributed by atoms with E-state index < -0.39 is 0 Å². The van der Waals surface area contributed by atoms with Crippen LogP contribution in [0.4, 0.5) is 0 Å². The van der Waals surface area contributed by atoms with Crippen molar-refractivity contribution >= 4 is 0 Å². The van der Waals surface area contributed by atoms with Crippen LogP contribution in [0.3, 0.4) is 0 Å². The molecule has 0 saturated carbocycles. The number of benzene rings is 2. The third kappa shape index (κ3) is 1.97. The van der Waals surface area contributed by atoms with Crippen LogP contribution in [-0.4, -0.2) is 9.78 Å². The lowest BCUT2D eigenvalue weighted by Gasteiger charge is -1.98. The molecule has 0 fully saturated rings. The van der Waals surface area contributed by atoms with E-state index in [2.05, 4.69) is 5.10 Å². The van der Waals surface area contributed by atoms with Gasteiger partial charge in [-0.3, -0.25) is 5.84 Å². The van der Waals surface area contributed by atoms with Gasteiger partial charge >= 0.3 is 5.82 Å². The molecule has 19 heavy (non-hydrogen) atoms. The van der Waals surface area contributed by atoms with Crippen molar-refractivity contribution in [1.29, 1.82) is 0 Å². The van der Waals surface area contributed by atoms with E-state index in [4.69, 9.17) is 5.84 Å². The predicted octanol–water partition coefficient (Wildman–Crippen LogP) is 1.76. The van der Waals surface area contributed by atoms with E-state index in [0.717, 1.165) is 22.8 Å². The first-order valence-corrected chi connectivity index (χ1v) is 6.12. The highest BCUT2D eigenvalue weighted by Gasteiger charge is 2.24. The summed E-state index contributed by atoms with van der Waals surface area (Å²) in [6.45, 7) is 0. The standard InChI is InChI=1S/C15H15N4/c1-18-15(13-10-6-3-7-11-13)19(16)14(17-18)12-8-4-2-5-9-12/h2-11H,16H2,1H3/q+1. The predicted molar refractivity (Wildman–Crippen MR) is 74.4 cm³/mol. The molecule has 0 spiro atoms. The van der Waals surface area contributed by atoms with Crippen LogP contribution in [-0.2, 0) is 7.05 Å². The Bertz CT molecular complexity index is 687. The van der Waals surface area contributed by atoms with Gasteiger partial charge in [-0.25, -0.2) is 0 Å². The van der Waals surface area contributed by atoms with Crippen LogP contribution in [0.25, 0.3) is 22.8 Å². The molecule has 0 amide bonds. The molecule has 3 rings (SSSR count). The second-order valence-electron chi connectivity index (χ2n) is 4.37. The molecule has 3 aromatic rings. The van der Waals surface area contributed by atoms with Crippen molar-refractivity contribution in [1.82, 2.24) is 9.78 Å². The lowest BCUT2D eigenvalue weighted by molar-refractivity contribution is -0.616. The molecular formula is C15H15N4+. The van der Waals surface area contributed by atoms with Crippen LogP contribution >= 0.6 is 0 Å². The van der Waals surface area contributed by atoms with Gasteiger partial charge in [0.2, 0.25) is 0 Å². The van der Waals surface area contributed by atoms with Crippen molar-refractivity contribution in [2.75, 3.05) is 5.84 Å². The van der Waals surface area contributed by atoms with Crippen molar-refractivity contribution in [2.24, 2.45) is 7.05 Å². The normalized spacial score (nSPS) is 10.6. The summed E-state index contributed by atoms with van der Waals surface area (Å²) in [5.41, 5.74) is 2.05. The molecule has 0 saturated heterocycles. The van der Waals surface area contributed by atoms with Crippen molar-refractivity contribution in [3.05, 3.63) is 60.7 Å². The maximum Gasteiger partial charge on any atom is 0.330 e. The lowest BCUT2D eigenvalue weighted by atomic mass is 10.2. The van der Waals surface area contributed by atoms with Crippen LogP contribution in [0.15, 0.2) is 60.7 Å². The maximum absolute atomic E-state index is 6.20. The number of nitrogens with two attached hydrogens (primary N) is 1. The third-order valence-corrected chi connectivity index (χ3v) is 3.07. The summed E-state index contributed by atoms with van der Waals surface area (Å²) in [7, 11) is 1.90. The molecule has 0 aliphatic heterocycles. The zero-order valence-electron chi connectivity index (χ0n) is 10.7. The number of nitrogen functional groups attached to an aromatic ring is 1. The number of aryl methyl sites for hydroxylation is 1. The van der Waals surface area contributed by atoms with Gasteiger partial charge in [0.05, 0.1) is 18.2 Å². The largest absolute Gasteiger partial charge is 0.330 e. The molecule has 4 nitrogen and oxygen atoms in total. The van der Waals surface area contributed by atoms with E-state index in [1.165, 1.54) is 0 Å². The first-order valence-electron chi connectivity index (χ1n) is 6.12. The van der Waals surface area contributed by atoms with Crippen LogP contribution < -0.4 is 10.5 Å². The second-order valence-corrected chi connectivity index (χ2v) is 4.37. The monoisotopic (exact) mass is 251 g/mol. The lowest BCUT2D eigenvalue weighted by Crippen LogP contribution is -2.47. The average Bonchev–Trinajstić information content (AvgIpc) is 2.76. The molecule has 94 valence electrons. The highest BCUT2D eigenvalue weighted by atomic mass is 15.5. The van der Waals surface area contributed by atoms with Gasteiger partial charge in [-0.15, -0.1) is 9.36 Å². The van der Waals surface area contributed by atoms with E-state index in [0.29, 0.717) is 0 Å². The quantitative estimate of drug-likeness (QED) is 0.557. The van der Waals surface area contributed by atoms with Gasteiger partial charge in [0.25, 0.3) is 5.82 Å². The summed E-state index contributed by atoms with van der Waals surface area (Å²) < 4.78 is 3.43. The molecular weight excluding hydrogens is 236 g/mol. The smallest absolute Gasteiger partial charge is 0.288 e. The van der Waals surface area contributed by atoms with Crippen molar-refractivity contribution in [3.8, 4) is 22.8 Å². The van der Waals surface area contributed by atoms with Crippen LogP contribution in [0.2, 0.25) is 0 Å². The van der Waals surface area contributed by atoms with Gasteiger partial charge in [0.1, 0.15) is 0 Å². The fraction of sp³-hybridized carbons (Fsp3) is 0.0667. The minimum Gasteiger partial charge on any atom is -0.288 e. The molecule has 2 aromatic carbocycles. The zero-order valence-corrected chi connectivity index (χ0v) is 10.7. The summed E-state index contributed by atoms with van der Waals surface area (Å²) in [6, 6.07) is 19.9. The Morgan fingerprint density at radius 3 is 2.00 bits per heavy atom. The average molecular weight is 251 g/mol. The topological polar surface area (TPSA) is 47.7 Å². The summed E-state index contributed by atoms with van der Waals surface area (Å²) in [5, 5.41) is 4.51. The van der Waals surface area contributed by atoms with Crippen LogP contribution in [0.5, 0.6) is 0 Å². The summed E-state index contributed by atoms with van der Waals surface area (Å²) in [4.78, 5) is 0.